The van der Waals surface area contributed by atoms with Gasteiger partial charge in [0, 0.05) is 22.7 Å². The van der Waals surface area contributed by atoms with Crippen molar-refractivity contribution in [1.82, 2.24) is 15.0 Å². The van der Waals surface area contributed by atoms with Crippen LogP contribution in [-0.4, -0.2) is 27.5 Å². The maximum absolute atomic E-state index is 13.0. The first kappa shape index (κ1) is 17.7. The first-order chi connectivity index (χ1) is 13.0. The molecule has 5 nitrogen and oxygen atoms in total. The molecule has 1 aliphatic heterocycles. The van der Waals surface area contributed by atoms with E-state index in [-0.39, 0.29) is 11.9 Å². The van der Waals surface area contributed by atoms with Crippen LogP contribution in [0.15, 0.2) is 47.0 Å². The van der Waals surface area contributed by atoms with Gasteiger partial charge in [0.05, 0.1) is 0 Å². The zero-order valence-electron chi connectivity index (χ0n) is 15.3. The van der Waals surface area contributed by atoms with E-state index in [9.17, 15) is 4.79 Å². The Hall–Kier alpha value is -2.66. The Balaban J connectivity index is 1.60. The molecular formula is C21H20ClN3O2. The highest BCUT2D eigenvalue weighted by atomic mass is 35.5. The number of amides is 1. The molecule has 6 heteroatoms. The minimum atomic E-state index is -0.195. The van der Waals surface area contributed by atoms with E-state index in [4.69, 9.17) is 16.1 Å². The predicted octanol–water partition coefficient (Wildman–Crippen LogP) is 4.98. The Morgan fingerprint density at radius 3 is 2.81 bits per heavy atom. The Morgan fingerprint density at radius 2 is 2.04 bits per heavy atom. The summed E-state index contributed by atoms with van der Waals surface area (Å²) in [7, 11) is 0. The number of hydrogen-bond donors (Lipinski definition) is 0. The molecule has 0 bridgehead atoms. The molecule has 1 atom stereocenters. The third-order valence-electron chi connectivity index (χ3n) is 5.08. The molecule has 0 aliphatic carbocycles. The van der Waals surface area contributed by atoms with E-state index < -0.39 is 0 Å². The molecule has 1 unspecified atom stereocenters. The highest BCUT2D eigenvalue weighted by Crippen LogP contribution is 2.33. The second-order valence-electron chi connectivity index (χ2n) is 6.92. The van der Waals surface area contributed by atoms with Crippen molar-refractivity contribution in [3.8, 4) is 11.4 Å². The van der Waals surface area contributed by atoms with Gasteiger partial charge < -0.3 is 9.42 Å². The average molecular weight is 382 g/mol. The summed E-state index contributed by atoms with van der Waals surface area (Å²) in [5.74, 6) is 0.959. The molecule has 0 N–H and O–H groups in total. The zero-order chi connectivity index (χ0) is 19.0. The van der Waals surface area contributed by atoms with Crippen LogP contribution in [0, 0.1) is 13.8 Å². The standard InChI is InChI=1S/C21H20ClN3O2/c1-13-8-9-16(11-14(13)2)21(26)25-10-4-7-18(25)20-23-19(24-27-20)15-5-3-6-17(22)12-15/h3,5-6,8-9,11-12,18H,4,7,10H2,1-2H3. The number of aryl methyl sites for hydroxylation is 2. The largest absolute Gasteiger partial charge is 0.337 e. The SMILES string of the molecule is Cc1ccc(C(=O)N2CCCC2c2nc(-c3cccc(Cl)c3)no2)cc1C. The molecule has 1 saturated heterocycles. The zero-order valence-corrected chi connectivity index (χ0v) is 16.0. The van der Waals surface area contributed by atoms with E-state index in [0.29, 0.717) is 28.8 Å². The summed E-state index contributed by atoms with van der Waals surface area (Å²) in [4.78, 5) is 19.4. The lowest BCUT2D eigenvalue weighted by Gasteiger charge is -2.22. The summed E-state index contributed by atoms with van der Waals surface area (Å²) in [6.07, 6.45) is 1.73. The summed E-state index contributed by atoms with van der Waals surface area (Å²) < 4.78 is 5.50. The average Bonchev–Trinajstić information content (AvgIpc) is 3.32. The highest BCUT2D eigenvalue weighted by Gasteiger charge is 2.34. The number of benzene rings is 2. The van der Waals surface area contributed by atoms with Gasteiger partial charge in [-0.2, -0.15) is 4.98 Å². The van der Waals surface area contributed by atoms with Crippen LogP contribution in [0.4, 0.5) is 0 Å². The molecule has 4 rings (SSSR count). The molecule has 0 spiro atoms. The first-order valence-corrected chi connectivity index (χ1v) is 9.38. The number of carbonyl (C=O) groups excluding carboxylic acids is 1. The van der Waals surface area contributed by atoms with Crippen LogP contribution >= 0.6 is 11.6 Å². The van der Waals surface area contributed by atoms with Crippen molar-refractivity contribution >= 4 is 17.5 Å². The number of hydrogen-bond acceptors (Lipinski definition) is 4. The van der Waals surface area contributed by atoms with Crippen LogP contribution in [0.1, 0.15) is 46.3 Å². The fourth-order valence-corrected chi connectivity index (χ4v) is 3.61. The number of carbonyl (C=O) groups is 1. The fraction of sp³-hybridized carbons (Fsp3) is 0.286. The minimum absolute atomic E-state index is 0.00288. The Bertz CT molecular complexity index is 999. The summed E-state index contributed by atoms with van der Waals surface area (Å²) in [5, 5.41) is 4.70. The van der Waals surface area contributed by atoms with Crippen molar-refractivity contribution in [3.05, 3.63) is 70.1 Å². The van der Waals surface area contributed by atoms with Crippen LogP contribution < -0.4 is 0 Å². The van der Waals surface area contributed by atoms with Gasteiger partial charge in [-0.15, -0.1) is 0 Å². The van der Waals surface area contributed by atoms with Crippen LogP contribution in [0.2, 0.25) is 5.02 Å². The Labute approximate surface area is 163 Å². The van der Waals surface area contributed by atoms with E-state index in [1.165, 1.54) is 5.56 Å². The molecule has 0 saturated carbocycles. The second kappa shape index (κ2) is 7.16. The lowest BCUT2D eigenvalue weighted by molar-refractivity contribution is 0.0710. The van der Waals surface area contributed by atoms with Gasteiger partial charge in [-0.25, -0.2) is 0 Å². The number of aromatic nitrogens is 2. The Morgan fingerprint density at radius 1 is 1.19 bits per heavy atom. The molecule has 0 radical (unpaired) electrons. The lowest BCUT2D eigenvalue weighted by atomic mass is 10.1. The number of nitrogens with zero attached hydrogens (tertiary/aromatic N) is 3. The predicted molar refractivity (Wildman–Crippen MR) is 104 cm³/mol. The fourth-order valence-electron chi connectivity index (χ4n) is 3.42. The van der Waals surface area contributed by atoms with Crippen molar-refractivity contribution < 1.29 is 9.32 Å². The maximum atomic E-state index is 13.0. The van der Waals surface area contributed by atoms with Crippen LogP contribution in [-0.2, 0) is 0 Å². The Kier molecular flexibility index (Phi) is 4.70. The van der Waals surface area contributed by atoms with E-state index in [2.05, 4.69) is 10.1 Å². The van der Waals surface area contributed by atoms with Crippen LogP contribution in [0.25, 0.3) is 11.4 Å². The molecule has 2 heterocycles. The maximum Gasteiger partial charge on any atom is 0.254 e. The molecule has 3 aromatic rings. The monoisotopic (exact) mass is 381 g/mol. The summed E-state index contributed by atoms with van der Waals surface area (Å²) in [6, 6.07) is 12.9. The third-order valence-corrected chi connectivity index (χ3v) is 5.31. The lowest BCUT2D eigenvalue weighted by Crippen LogP contribution is -2.30. The summed E-state index contributed by atoms with van der Waals surface area (Å²) in [5.41, 5.74) is 3.77. The van der Waals surface area contributed by atoms with Gasteiger partial charge in [-0.05, 0) is 62.1 Å². The summed E-state index contributed by atoms with van der Waals surface area (Å²) in [6.45, 7) is 4.74. The van der Waals surface area contributed by atoms with Gasteiger partial charge in [-0.1, -0.05) is 35.0 Å². The van der Waals surface area contributed by atoms with Crippen LogP contribution in [0.5, 0.6) is 0 Å². The number of halogens is 1. The number of likely N-dealkylation sites (tertiary alicyclic amines) is 1. The molecular weight excluding hydrogens is 362 g/mol. The topological polar surface area (TPSA) is 59.2 Å². The van der Waals surface area contributed by atoms with E-state index >= 15 is 0 Å². The highest BCUT2D eigenvalue weighted by molar-refractivity contribution is 6.30. The van der Waals surface area contributed by atoms with Gasteiger partial charge >= 0.3 is 0 Å². The number of rotatable bonds is 3. The molecule has 1 fully saturated rings. The van der Waals surface area contributed by atoms with Crippen molar-refractivity contribution in [2.24, 2.45) is 0 Å². The van der Waals surface area contributed by atoms with Crippen molar-refractivity contribution in [2.45, 2.75) is 32.7 Å². The molecule has 27 heavy (non-hydrogen) atoms. The molecule has 1 aliphatic rings. The van der Waals surface area contributed by atoms with Gasteiger partial charge in [-0.3, -0.25) is 4.79 Å². The second-order valence-corrected chi connectivity index (χ2v) is 7.36. The van der Waals surface area contributed by atoms with Crippen molar-refractivity contribution in [2.75, 3.05) is 6.54 Å². The van der Waals surface area contributed by atoms with E-state index in [1.807, 2.05) is 49.1 Å². The first-order valence-electron chi connectivity index (χ1n) is 9.00. The van der Waals surface area contributed by atoms with Gasteiger partial charge in [0.25, 0.3) is 5.91 Å². The quantitative estimate of drug-likeness (QED) is 0.641. The van der Waals surface area contributed by atoms with Crippen molar-refractivity contribution in [1.29, 1.82) is 0 Å². The van der Waals surface area contributed by atoms with Gasteiger partial charge in [0.2, 0.25) is 11.7 Å². The normalized spacial score (nSPS) is 16.7. The summed E-state index contributed by atoms with van der Waals surface area (Å²) >= 11 is 6.05. The molecule has 1 aromatic heterocycles. The molecule has 2 aromatic carbocycles. The smallest absolute Gasteiger partial charge is 0.254 e. The van der Waals surface area contributed by atoms with Crippen LogP contribution in [0.3, 0.4) is 0 Å². The molecule has 1 amide bonds. The third kappa shape index (κ3) is 3.47. The van der Waals surface area contributed by atoms with Crippen molar-refractivity contribution in [3.63, 3.8) is 0 Å². The van der Waals surface area contributed by atoms with Gasteiger partial charge in [0.15, 0.2) is 0 Å². The molecule has 138 valence electrons. The van der Waals surface area contributed by atoms with E-state index in [1.54, 1.807) is 12.1 Å². The van der Waals surface area contributed by atoms with Gasteiger partial charge in [0.1, 0.15) is 6.04 Å². The van der Waals surface area contributed by atoms with E-state index in [0.717, 1.165) is 24.0 Å². The minimum Gasteiger partial charge on any atom is -0.337 e.